The van der Waals surface area contributed by atoms with Crippen LogP contribution in [-0.4, -0.2) is 36.0 Å². The van der Waals surface area contributed by atoms with E-state index in [9.17, 15) is 10.1 Å². The number of anilines is 1. The molecule has 0 radical (unpaired) electrons. The van der Waals surface area contributed by atoms with Crippen molar-refractivity contribution < 1.29 is 4.79 Å². The molecule has 2 aliphatic rings. The standard InChI is InChI=1S/C27H29N7OS/c1-16-17(2)33(18-7-3-4-8-18)25(21(16)13-28)30-24(35)15-36-27-32-31-26(34(27)19-11-12-19)22-14-29-23-10-6-5-9-20(22)23/h5-6,9-10,14,18-19,29H,3-4,7-8,11-12,15H2,1-2H3,(H,30,35). The molecule has 3 heterocycles. The summed E-state index contributed by atoms with van der Waals surface area (Å²) in [5.41, 5.74) is 4.68. The second-order valence-corrected chi connectivity index (χ2v) is 10.8. The van der Waals surface area contributed by atoms with Crippen molar-refractivity contribution in [1.29, 1.82) is 5.26 Å². The Morgan fingerprint density at radius 1 is 1.14 bits per heavy atom. The molecule has 1 amide bonds. The van der Waals surface area contributed by atoms with Gasteiger partial charge in [-0.15, -0.1) is 10.2 Å². The highest BCUT2D eigenvalue weighted by atomic mass is 32.2. The lowest BCUT2D eigenvalue weighted by molar-refractivity contribution is -0.113. The first-order valence-corrected chi connectivity index (χ1v) is 13.6. The Bertz CT molecular complexity index is 1490. The van der Waals surface area contributed by atoms with Gasteiger partial charge in [0.2, 0.25) is 5.91 Å². The van der Waals surface area contributed by atoms with Gasteiger partial charge in [0.15, 0.2) is 11.0 Å². The zero-order chi connectivity index (χ0) is 24.8. The highest BCUT2D eigenvalue weighted by Crippen LogP contribution is 2.42. The summed E-state index contributed by atoms with van der Waals surface area (Å²) < 4.78 is 4.37. The van der Waals surface area contributed by atoms with Crippen LogP contribution in [0.4, 0.5) is 5.82 Å². The molecule has 2 aliphatic carbocycles. The van der Waals surface area contributed by atoms with Gasteiger partial charge in [0.1, 0.15) is 11.9 Å². The number of thioether (sulfide) groups is 1. The summed E-state index contributed by atoms with van der Waals surface area (Å²) in [7, 11) is 0. The van der Waals surface area contributed by atoms with Crippen molar-refractivity contribution in [3.8, 4) is 17.5 Å². The predicted octanol–water partition coefficient (Wildman–Crippen LogP) is 5.90. The van der Waals surface area contributed by atoms with E-state index in [0.717, 1.165) is 64.4 Å². The number of aromatic nitrogens is 5. The van der Waals surface area contributed by atoms with Crippen LogP contribution in [-0.2, 0) is 4.79 Å². The van der Waals surface area contributed by atoms with Crippen molar-refractivity contribution in [1.82, 2.24) is 24.3 Å². The molecule has 9 heteroatoms. The first kappa shape index (κ1) is 22.9. The van der Waals surface area contributed by atoms with Gasteiger partial charge in [0.25, 0.3) is 0 Å². The fourth-order valence-corrected chi connectivity index (χ4v) is 6.29. The molecule has 0 aliphatic heterocycles. The molecule has 2 saturated carbocycles. The van der Waals surface area contributed by atoms with Crippen molar-refractivity contribution in [2.24, 2.45) is 0 Å². The Balaban J connectivity index is 1.24. The quantitative estimate of drug-likeness (QED) is 0.308. The molecule has 0 bridgehead atoms. The van der Waals surface area contributed by atoms with Gasteiger partial charge in [-0.05, 0) is 51.2 Å². The second kappa shape index (κ2) is 9.17. The van der Waals surface area contributed by atoms with Crippen molar-refractivity contribution in [3.63, 3.8) is 0 Å². The molecule has 2 fully saturated rings. The summed E-state index contributed by atoms with van der Waals surface area (Å²) in [6.45, 7) is 4.01. The fourth-order valence-electron chi connectivity index (χ4n) is 5.48. The number of hydrogen-bond donors (Lipinski definition) is 2. The molecule has 36 heavy (non-hydrogen) atoms. The first-order chi connectivity index (χ1) is 17.6. The normalized spacial score (nSPS) is 16.0. The molecule has 1 aromatic carbocycles. The molecule has 0 spiro atoms. The fraction of sp³-hybridized carbons (Fsp3) is 0.407. The van der Waals surface area contributed by atoms with Crippen LogP contribution in [0.3, 0.4) is 0 Å². The van der Waals surface area contributed by atoms with Gasteiger partial charge in [-0.2, -0.15) is 5.26 Å². The molecule has 4 aromatic rings. The number of hydrogen-bond acceptors (Lipinski definition) is 5. The van der Waals surface area contributed by atoms with Crippen LogP contribution < -0.4 is 5.32 Å². The Kier molecular flexibility index (Phi) is 5.84. The average molecular weight is 500 g/mol. The number of nitrogens with one attached hydrogen (secondary N) is 2. The lowest BCUT2D eigenvalue weighted by atomic mass is 10.1. The van der Waals surface area contributed by atoms with E-state index in [2.05, 4.69) is 47.8 Å². The molecule has 8 nitrogen and oxygen atoms in total. The minimum atomic E-state index is -0.132. The van der Waals surface area contributed by atoms with E-state index in [4.69, 9.17) is 0 Å². The average Bonchev–Trinajstić information content (AvgIpc) is 3.22. The number of nitrogens with zero attached hydrogens (tertiary/aromatic N) is 5. The molecule has 6 rings (SSSR count). The van der Waals surface area contributed by atoms with E-state index in [1.54, 1.807) is 0 Å². The van der Waals surface area contributed by atoms with Gasteiger partial charge in [-0.25, -0.2) is 0 Å². The Hall–Kier alpha value is -3.51. The number of carbonyl (C=O) groups excluding carboxylic acids is 1. The number of carbonyl (C=O) groups is 1. The Morgan fingerprint density at radius 3 is 2.64 bits per heavy atom. The van der Waals surface area contributed by atoms with Crippen LogP contribution in [0, 0.1) is 25.2 Å². The second-order valence-electron chi connectivity index (χ2n) is 9.85. The lowest BCUT2D eigenvalue weighted by Gasteiger charge is -2.19. The summed E-state index contributed by atoms with van der Waals surface area (Å²) in [6.07, 6.45) is 8.69. The number of para-hydroxylation sites is 1. The van der Waals surface area contributed by atoms with Crippen LogP contribution in [0.1, 0.15) is 67.4 Å². The SMILES string of the molecule is Cc1c(C#N)c(NC(=O)CSc2nnc(-c3c[nH]c4ccccc34)n2C2CC2)n(C2CCCC2)c1C. The number of H-pyrrole nitrogens is 1. The van der Waals surface area contributed by atoms with Crippen LogP contribution >= 0.6 is 11.8 Å². The van der Waals surface area contributed by atoms with Gasteiger partial charge in [-0.3, -0.25) is 9.36 Å². The molecule has 0 atom stereocenters. The summed E-state index contributed by atoms with van der Waals surface area (Å²) in [5, 5.41) is 23.8. The van der Waals surface area contributed by atoms with Crippen molar-refractivity contribution >= 4 is 34.4 Å². The van der Waals surface area contributed by atoms with E-state index in [-0.39, 0.29) is 11.7 Å². The minimum absolute atomic E-state index is 0.132. The van der Waals surface area contributed by atoms with Gasteiger partial charge in [-0.1, -0.05) is 42.8 Å². The van der Waals surface area contributed by atoms with Crippen molar-refractivity contribution in [3.05, 3.63) is 47.3 Å². The topological polar surface area (TPSA) is 104 Å². The van der Waals surface area contributed by atoms with Crippen molar-refractivity contribution in [2.45, 2.75) is 69.6 Å². The van der Waals surface area contributed by atoms with Crippen LogP contribution in [0.5, 0.6) is 0 Å². The van der Waals surface area contributed by atoms with E-state index in [1.807, 2.05) is 32.2 Å². The first-order valence-electron chi connectivity index (χ1n) is 12.6. The molecule has 184 valence electrons. The maximum Gasteiger partial charge on any atom is 0.235 e. The third-order valence-corrected chi connectivity index (χ3v) is 8.50. The lowest BCUT2D eigenvalue weighted by Crippen LogP contribution is -2.20. The van der Waals surface area contributed by atoms with E-state index in [1.165, 1.54) is 24.6 Å². The van der Waals surface area contributed by atoms with E-state index < -0.39 is 0 Å². The molecule has 2 N–H and O–H groups in total. The number of amides is 1. The number of fused-ring (bicyclic) bond motifs is 1. The van der Waals surface area contributed by atoms with E-state index >= 15 is 0 Å². The highest BCUT2D eigenvalue weighted by molar-refractivity contribution is 7.99. The predicted molar refractivity (Wildman–Crippen MR) is 141 cm³/mol. The summed E-state index contributed by atoms with van der Waals surface area (Å²) >= 11 is 1.40. The number of aromatic amines is 1. The van der Waals surface area contributed by atoms with Crippen molar-refractivity contribution in [2.75, 3.05) is 11.1 Å². The third kappa shape index (κ3) is 3.90. The summed E-state index contributed by atoms with van der Waals surface area (Å²) in [6, 6.07) is 11.2. The van der Waals surface area contributed by atoms with Gasteiger partial charge >= 0.3 is 0 Å². The van der Waals surface area contributed by atoms with Gasteiger partial charge < -0.3 is 14.9 Å². The highest BCUT2D eigenvalue weighted by Gasteiger charge is 2.31. The van der Waals surface area contributed by atoms with Gasteiger partial charge in [0.05, 0.1) is 11.3 Å². The zero-order valence-corrected chi connectivity index (χ0v) is 21.4. The Morgan fingerprint density at radius 2 is 1.89 bits per heavy atom. The smallest absolute Gasteiger partial charge is 0.235 e. The maximum absolute atomic E-state index is 13.1. The zero-order valence-electron chi connectivity index (χ0n) is 20.5. The summed E-state index contributed by atoms with van der Waals surface area (Å²) in [5.74, 6) is 1.56. The number of benzene rings is 1. The molecule has 0 saturated heterocycles. The monoisotopic (exact) mass is 499 g/mol. The molecule has 0 unspecified atom stereocenters. The molecular weight excluding hydrogens is 470 g/mol. The van der Waals surface area contributed by atoms with Crippen LogP contribution in [0.15, 0.2) is 35.6 Å². The number of rotatable bonds is 7. The van der Waals surface area contributed by atoms with Crippen LogP contribution in [0.2, 0.25) is 0 Å². The molecule has 3 aromatic heterocycles. The summed E-state index contributed by atoms with van der Waals surface area (Å²) in [4.78, 5) is 16.5. The Labute approximate surface area is 214 Å². The van der Waals surface area contributed by atoms with Gasteiger partial charge in [0, 0.05) is 40.4 Å². The largest absolute Gasteiger partial charge is 0.360 e. The maximum atomic E-state index is 13.1. The minimum Gasteiger partial charge on any atom is -0.360 e. The number of nitriles is 1. The van der Waals surface area contributed by atoms with E-state index in [0.29, 0.717) is 23.5 Å². The third-order valence-electron chi connectivity index (χ3n) is 7.56. The molecular formula is C27H29N7OS. The van der Waals surface area contributed by atoms with Crippen LogP contribution in [0.25, 0.3) is 22.3 Å².